The highest BCUT2D eigenvalue weighted by Gasteiger charge is 2.44. The first-order valence-corrected chi connectivity index (χ1v) is 30.1. The average molecular weight is 1100 g/mol. The van der Waals surface area contributed by atoms with Gasteiger partial charge in [-0.15, -0.1) is 11.3 Å². The number of ether oxygens (including phenoxy) is 2. The van der Waals surface area contributed by atoms with Crippen molar-refractivity contribution in [2.75, 3.05) is 77.4 Å². The molecule has 11 rings (SSSR count). The number of nitrogens with one attached hydrogen (secondary N) is 2. The van der Waals surface area contributed by atoms with E-state index in [-0.39, 0.29) is 54.7 Å². The van der Waals surface area contributed by atoms with E-state index in [1.165, 1.54) is 0 Å². The average Bonchev–Trinajstić information content (AvgIpc) is 4.34. The number of aliphatic hydroxyl groups is 1. The Labute approximate surface area is 469 Å². The number of carbonyl (C=O) groups is 2. The van der Waals surface area contributed by atoms with E-state index >= 15 is 0 Å². The number of rotatable bonds is 17. The first kappa shape index (κ1) is 55.2. The third kappa shape index (κ3) is 12.5. The van der Waals surface area contributed by atoms with Gasteiger partial charge >= 0.3 is 0 Å². The van der Waals surface area contributed by atoms with Crippen molar-refractivity contribution in [1.82, 2.24) is 45.5 Å². The molecule has 8 heterocycles. The summed E-state index contributed by atoms with van der Waals surface area (Å²) < 4.78 is 19.4. The van der Waals surface area contributed by atoms with Crippen LogP contribution in [0.2, 0.25) is 0 Å². The second-order valence-corrected chi connectivity index (χ2v) is 24.7. The molecule has 6 fully saturated rings. The summed E-state index contributed by atoms with van der Waals surface area (Å²) in [7, 11) is 1.91. The molecule has 0 bridgehead atoms. The highest BCUT2D eigenvalue weighted by Crippen LogP contribution is 2.38. The molecule has 6 aliphatic heterocycles. The number of aromatic nitrogens is 2. The number of allylic oxidation sites excluding steroid dienone is 1. The molecule has 4 aromatic rings. The Morgan fingerprint density at radius 3 is 2.24 bits per heavy atom. The summed E-state index contributed by atoms with van der Waals surface area (Å²) in [6.45, 7) is 16.9. The Bertz CT molecular complexity index is 2790. The first-order chi connectivity index (χ1) is 38.2. The maximum Gasteiger partial charge on any atom is 0.243 e. The SMILES string of the molecule is Cc1ncsc1-c1ccc([C@H](C)NC(=O)[C@@H]2C[C@@H](O)CN2C(=O)[C@@H](c2cc(N3CCC(CN4CCC(OC5CC(N6CCC(O[C@H]7CCN(C8=C(N)NN(C)C(c9ccccc9O)=C8)C7)CC6)C5)CC4)CC3)no2)C(C)C)cc1. The number of thiazole rings is 1. The number of para-hydroxylation sites is 1. The van der Waals surface area contributed by atoms with Gasteiger partial charge in [-0.3, -0.25) is 24.9 Å². The summed E-state index contributed by atoms with van der Waals surface area (Å²) >= 11 is 1.60. The molecule has 0 unspecified atom stereocenters. The Morgan fingerprint density at radius 1 is 0.861 bits per heavy atom. The normalized spacial score (nSPS) is 25.9. The zero-order chi connectivity index (χ0) is 54.9. The number of phenols is 1. The summed E-state index contributed by atoms with van der Waals surface area (Å²) in [4.78, 5) is 45.2. The zero-order valence-electron chi connectivity index (χ0n) is 46.8. The second-order valence-electron chi connectivity index (χ2n) is 23.9. The van der Waals surface area contributed by atoms with Crippen molar-refractivity contribution in [2.24, 2.45) is 17.6 Å². The van der Waals surface area contributed by atoms with Crippen LogP contribution in [-0.2, 0) is 19.1 Å². The van der Waals surface area contributed by atoms with E-state index in [0.717, 1.165) is 161 Å². The van der Waals surface area contributed by atoms with Crippen molar-refractivity contribution < 1.29 is 33.8 Å². The topological polar surface area (TPSA) is 202 Å². The van der Waals surface area contributed by atoms with E-state index < -0.39 is 18.1 Å². The highest BCUT2D eigenvalue weighted by molar-refractivity contribution is 7.13. The molecule has 79 heavy (non-hydrogen) atoms. The van der Waals surface area contributed by atoms with E-state index in [2.05, 4.69) is 46.6 Å². The van der Waals surface area contributed by atoms with Crippen molar-refractivity contribution in [2.45, 2.75) is 146 Å². The number of anilines is 1. The van der Waals surface area contributed by atoms with Gasteiger partial charge in [-0.05, 0) is 113 Å². The van der Waals surface area contributed by atoms with Crippen LogP contribution in [0.4, 0.5) is 5.82 Å². The number of hydrogen-bond acceptors (Lipinski definition) is 17. The molecule has 5 saturated heterocycles. The lowest BCUT2D eigenvalue weighted by atomic mass is 9.86. The van der Waals surface area contributed by atoms with Crippen molar-refractivity contribution in [3.05, 3.63) is 100 Å². The van der Waals surface area contributed by atoms with Crippen LogP contribution in [-0.4, -0.2) is 172 Å². The second kappa shape index (κ2) is 24.2. The lowest BCUT2D eigenvalue weighted by molar-refractivity contribution is -0.141. The molecule has 1 saturated carbocycles. The number of hydrogen-bond donors (Lipinski definition) is 5. The van der Waals surface area contributed by atoms with E-state index in [9.17, 15) is 19.8 Å². The van der Waals surface area contributed by atoms with Crippen LogP contribution in [0.15, 0.2) is 82.2 Å². The van der Waals surface area contributed by atoms with Gasteiger partial charge in [0, 0.05) is 96.6 Å². The minimum atomic E-state index is -0.795. The van der Waals surface area contributed by atoms with E-state index in [1.807, 2.05) is 93.8 Å². The first-order valence-electron chi connectivity index (χ1n) is 29.2. The maximum absolute atomic E-state index is 14.4. The van der Waals surface area contributed by atoms with Crippen molar-refractivity contribution in [3.8, 4) is 16.2 Å². The predicted octanol–water partition coefficient (Wildman–Crippen LogP) is 6.79. The lowest BCUT2D eigenvalue weighted by Gasteiger charge is -2.47. The number of phenolic OH excluding ortho intramolecular Hbond substituents is 1. The number of nitrogens with zero attached hydrogens (tertiary/aromatic N) is 8. The molecule has 7 aliphatic rings. The molecule has 2 aromatic carbocycles. The summed E-state index contributed by atoms with van der Waals surface area (Å²) in [5.41, 5.74) is 17.2. The van der Waals surface area contributed by atoms with Gasteiger partial charge in [-0.2, -0.15) is 0 Å². The number of aromatic hydroxyl groups is 1. The van der Waals surface area contributed by atoms with Crippen molar-refractivity contribution in [3.63, 3.8) is 0 Å². The van der Waals surface area contributed by atoms with Gasteiger partial charge in [0.25, 0.3) is 0 Å². The summed E-state index contributed by atoms with van der Waals surface area (Å²) in [5.74, 6) is 1.44. The van der Waals surface area contributed by atoms with Crippen LogP contribution in [0.1, 0.15) is 120 Å². The fraction of sp³-hybridized carbons (Fsp3) is 0.600. The van der Waals surface area contributed by atoms with Crippen LogP contribution in [0.3, 0.4) is 0 Å². The zero-order valence-corrected chi connectivity index (χ0v) is 47.7. The molecule has 0 radical (unpaired) electrons. The number of nitrogens with two attached hydrogens (primary N) is 1. The van der Waals surface area contributed by atoms with Crippen LogP contribution in [0.5, 0.6) is 5.75 Å². The van der Waals surface area contributed by atoms with Gasteiger partial charge in [-0.25, -0.2) is 4.98 Å². The number of piperidine rings is 3. The maximum atomic E-state index is 14.4. The van der Waals surface area contributed by atoms with E-state index in [1.54, 1.807) is 22.3 Å². The molecule has 6 N–H and O–H groups in total. The fourth-order valence-corrected chi connectivity index (χ4v) is 14.2. The van der Waals surface area contributed by atoms with Crippen LogP contribution in [0, 0.1) is 18.8 Å². The van der Waals surface area contributed by atoms with E-state index in [4.69, 9.17) is 19.7 Å². The van der Waals surface area contributed by atoms with Crippen LogP contribution in [0.25, 0.3) is 16.1 Å². The molecule has 2 aromatic heterocycles. The number of carbonyl (C=O) groups excluding carboxylic acids is 2. The third-order valence-electron chi connectivity index (χ3n) is 18.1. The minimum absolute atomic E-state index is 0.0926. The van der Waals surface area contributed by atoms with Gasteiger partial charge in [0.05, 0.1) is 64.0 Å². The number of hydrazine groups is 1. The third-order valence-corrected chi connectivity index (χ3v) is 19.1. The van der Waals surface area contributed by atoms with Crippen LogP contribution >= 0.6 is 11.3 Å². The molecule has 2 amide bonds. The number of aliphatic hydroxyl groups excluding tert-OH is 1. The molecule has 426 valence electrons. The molecule has 0 spiro atoms. The number of aryl methyl sites for hydroxylation is 1. The summed E-state index contributed by atoms with van der Waals surface area (Å²) in [5, 5.41) is 30.8. The smallest absolute Gasteiger partial charge is 0.243 e. The molecule has 1 aliphatic carbocycles. The van der Waals surface area contributed by atoms with Gasteiger partial charge in [0.15, 0.2) is 11.6 Å². The summed E-state index contributed by atoms with van der Waals surface area (Å²) in [6, 6.07) is 17.0. The molecule has 18 nitrogen and oxygen atoms in total. The number of amides is 2. The number of likely N-dealkylation sites (tertiary alicyclic amines) is 4. The molecule has 19 heteroatoms. The van der Waals surface area contributed by atoms with Gasteiger partial charge in [0.2, 0.25) is 11.8 Å². The highest BCUT2D eigenvalue weighted by atomic mass is 32.1. The van der Waals surface area contributed by atoms with Crippen molar-refractivity contribution in [1.29, 1.82) is 0 Å². The predicted molar refractivity (Wildman–Crippen MR) is 305 cm³/mol. The Kier molecular flexibility index (Phi) is 16.9. The fourth-order valence-electron chi connectivity index (χ4n) is 13.4. The van der Waals surface area contributed by atoms with Crippen LogP contribution < -0.4 is 21.4 Å². The number of benzene rings is 2. The molecular weight excluding hydrogens is 1020 g/mol. The summed E-state index contributed by atoms with van der Waals surface area (Å²) in [6.07, 6.45) is 12.3. The quantitative estimate of drug-likeness (QED) is 0.0739. The van der Waals surface area contributed by atoms with Gasteiger partial charge in [0.1, 0.15) is 23.5 Å². The largest absolute Gasteiger partial charge is 0.507 e. The minimum Gasteiger partial charge on any atom is -0.507 e. The number of β-amino-alcohol motifs (C(OH)–C–C–N with tert-alkyl or cyclic N) is 1. The lowest BCUT2D eigenvalue weighted by Crippen LogP contribution is -2.53. The van der Waals surface area contributed by atoms with E-state index in [0.29, 0.717) is 35.7 Å². The Morgan fingerprint density at radius 2 is 1.54 bits per heavy atom. The Balaban J connectivity index is 0.572. The van der Waals surface area contributed by atoms with Gasteiger partial charge < -0.3 is 54.9 Å². The Hall–Kier alpha value is -5.70. The monoisotopic (exact) mass is 1100 g/mol. The molecular formula is C60H83N11O7S. The standard InChI is InChI=1S/C60H83N11O7S/c1-37(2)56(60(75)71-34-44(72)30-52(71)59(74)63-38(3)41-10-12-42(13-11-41)57-39(4)62-36-79-57)54-32-55(65-78-54)69-23-14-40(15-24-69)33-67-21-16-45(17-22-67)77-48-28-43(29-48)68-25-18-46(19-26-68)76-47-20-27-70(35-47)51-31-50(66(5)64-58(51)61)49-8-6-7-9-53(49)73/h6-13,31-32,36-38,40,43-48,52,56,64,72-73H,14-30,33-35,61H2,1-5H3,(H,63,74)/t38-,43?,44+,47-,48?,52-,56+/m0/s1. The van der Waals surface area contributed by atoms with Crippen molar-refractivity contribution >= 4 is 34.7 Å². The van der Waals surface area contributed by atoms with Gasteiger partial charge in [-0.1, -0.05) is 55.4 Å². The molecule has 5 atom stereocenters.